The lowest BCUT2D eigenvalue weighted by atomic mass is 9.93. The van der Waals surface area contributed by atoms with E-state index in [2.05, 4.69) is 44.6 Å². The second kappa shape index (κ2) is 7.68. The Hall–Kier alpha value is -2.42. The highest BCUT2D eigenvalue weighted by molar-refractivity contribution is 7.89. The molecule has 2 N–H and O–H groups in total. The van der Waals surface area contributed by atoms with Crippen molar-refractivity contribution in [1.29, 1.82) is 0 Å². The number of rotatable bonds is 4. The highest BCUT2D eigenvalue weighted by Gasteiger charge is 2.35. The van der Waals surface area contributed by atoms with Crippen molar-refractivity contribution >= 4 is 26.7 Å². The zero-order valence-corrected chi connectivity index (χ0v) is 17.9. The highest BCUT2D eigenvalue weighted by atomic mass is 32.2. The average molecular weight is 426 g/mol. The molecule has 1 aromatic heterocycles. The Labute approximate surface area is 177 Å². The summed E-state index contributed by atoms with van der Waals surface area (Å²) < 4.78 is 30.4. The molecule has 0 spiro atoms. The maximum atomic E-state index is 12.6. The lowest BCUT2D eigenvalue weighted by molar-refractivity contribution is 0.159. The van der Waals surface area contributed by atoms with Gasteiger partial charge in [0, 0.05) is 6.54 Å². The van der Waals surface area contributed by atoms with Crippen LogP contribution in [-0.2, 0) is 23.1 Å². The number of aromatic nitrogens is 2. The van der Waals surface area contributed by atoms with Crippen LogP contribution < -0.4 is 10.0 Å². The van der Waals surface area contributed by atoms with E-state index in [0.29, 0.717) is 10.6 Å². The van der Waals surface area contributed by atoms with Gasteiger partial charge in [0.2, 0.25) is 10.0 Å². The van der Waals surface area contributed by atoms with Crippen molar-refractivity contribution in [2.24, 2.45) is 5.92 Å². The molecule has 7 nitrogen and oxygen atoms in total. The quantitative estimate of drug-likeness (QED) is 0.672. The van der Waals surface area contributed by atoms with Crippen LogP contribution in [0.3, 0.4) is 0 Å². The van der Waals surface area contributed by atoms with E-state index in [1.165, 1.54) is 5.52 Å². The number of para-hydroxylation sites is 3. The lowest BCUT2D eigenvalue weighted by Gasteiger charge is -2.38. The van der Waals surface area contributed by atoms with E-state index in [1.54, 1.807) is 12.1 Å². The molecular weight excluding hydrogens is 398 g/mol. The fraction of sp³-hybridized carbons (Fsp3) is 0.409. The fourth-order valence-corrected chi connectivity index (χ4v) is 6.09. The van der Waals surface area contributed by atoms with Crippen molar-refractivity contribution in [3.63, 3.8) is 0 Å². The maximum Gasteiger partial charge on any atom is 0.244 e. The summed E-state index contributed by atoms with van der Waals surface area (Å²) in [6.45, 7) is 5.74. The number of imidazole rings is 1. The van der Waals surface area contributed by atoms with Crippen molar-refractivity contribution < 1.29 is 8.42 Å². The van der Waals surface area contributed by atoms with Crippen LogP contribution in [0.2, 0.25) is 0 Å². The van der Waals surface area contributed by atoms with E-state index in [0.717, 1.165) is 50.4 Å². The third kappa shape index (κ3) is 3.49. The van der Waals surface area contributed by atoms with Gasteiger partial charge in [-0.3, -0.25) is 4.90 Å². The number of hydrogen-bond acceptors (Lipinski definition) is 5. The number of nitrogens with zero attached hydrogens (tertiary/aromatic N) is 3. The predicted molar refractivity (Wildman–Crippen MR) is 118 cm³/mol. The van der Waals surface area contributed by atoms with E-state index in [9.17, 15) is 8.42 Å². The molecule has 2 aliphatic heterocycles. The molecule has 1 fully saturated rings. The molecule has 1 unspecified atom stereocenters. The van der Waals surface area contributed by atoms with Crippen molar-refractivity contribution in [1.82, 2.24) is 19.2 Å². The monoisotopic (exact) mass is 425 g/mol. The minimum Gasteiger partial charge on any atom is -0.368 e. The number of piperidine rings is 1. The standard InChI is InChI=1S/C22H27N5O2S/c1-2-27-19-9-5-3-7-17(19)23-21(27)15-26-13-11-16(12-14-26)22-24-18-8-4-6-10-20(18)30(28,29)25-22/h3-10,16,22,24-25H,2,11-15H2,1H3. The van der Waals surface area contributed by atoms with Crippen LogP contribution in [0.1, 0.15) is 25.6 Å². The number of fused-ring (bicyclic) bond motifs is 2. The molecule has 8 heteroatoms. The number of aryl methyl sites for hydroxylation is 1. The van der Waals surface area contributed by atoms with Crippen LogP contribution in [0.4, 0.5) is 5.69 Å². The number of nitrogens with one attached hydrogen (secondary N) is 2. The van der Waals surface area contributed by atoms with Gasteiger partial charge >= 0.3 is 0 Å². The minimum absolute atomic E-state index is 0.257. The Morgan fingerprint density at radius 2 is 1.80 bits per heavy atom. The second-order valence-corrected chi connectivity index (χ2v) is 9.80. The van der Waals surface area contributed by atoms with Crippen molar-refractivity contribution in [2.45, 2.75) is 43.9 Å². The van der Waals surface area contributed by atoms with Gasteiger partial charge in [-0.15, -0.1) is 0 Å². The molecule has 0 bridgehead atoms. The lowest BCUT2D eigenvalue weighted by Crippen LogP contribution is -2.51. The van der Waals surface area contributed by atoms with Crippen LogP contribution >= 0.6 is 0 Å². The van der Waals surface area contributed by atoms with E-state index < -0.39 is 10.0 Å². The predicted octanol–water partition coefficient (Wildman–Crippen LogP) is 3.00. The first-order valence-electron chi connectivity index (χ1n) is 10.6. The van der Waals surface area contributed by atoms with Crippen LogP contribution in [-0.4, -0.2) is 42.1 Å². The van der Waals surface area contributed by atoms with E-state index in [1.807, 2.05) is 18.2 Å². The third-order valence-electron chi connectivity index (χ3n) is 6.29. The molecule has 3 heterocycles. The summed E-state index contributed by atoms with van der Waals surface area (Å²) in [5.74, 6) is 1.36. The molecule has 2 aromatic carbocycles. The molecule has 0 saturated carbocycles. The molecule has 0 amide bonds. The van der Waals surface area contributed by atoms with E-state index in [-0.39, 0.29) is 12.1 Å². The van der Waals surface area contributed by atoms with Crippen LogP contribution in [0.5, 0.6) is 0 Å². The van der Waals surface area contributed by atoms with Crippen molar-refractivity contribution in [3.05, 3.63) is 54.4 Å². The van der Waals surface area contributed by atoms with E-state index in [4.69, 9.17) is 4.98 Å². The Morgan fingerprint density at radius 1 is 1.07 bits per heavy atom. The Balaban J connectivity index is 1.27. The highest BCUT2D eigenvalue weighted by Crippen LogP contribution is 2.31. The summed E-state index contributed by atoms with van der Waals surface area (Å²) in [4.78, 5) is 7.60. The summed E-state index contributed by atoms with van der Waals surface area (Å²) >= 11 is 0. The van der Waals surface area contributed by atoms with Gasteiger partial charge in [0.1, 0.15) is 10.7 Å². The van der Waals surface area contributed by atoms with Crippen molar-refractivity contribution in [2.75, 3.05) is 18.4 Å². The second-order valence-electron chi connectivity index (χ2n) is 8.11. The van der Waals surface area contributed by atoms with Crippen LogP contribution in [0, 0.1) is 5.92 Å². The van der Waals surface area contributed by atoms with Gasteiger partial charge in [-0.05, 0) is 63.0 Å². The first kappa shape index (κ1) is 19.5. The van der Waals surface area contributed by atoms with Gasteiger partial charge in [-0.1, -0.05) is 24.3 Å². The van der Waals surface area contributed by atoms with Crippen LogP contribution in [0.25, 0.3) is 11.0 Å². The number of benzene rings is 2. The molecule has 30 heavy (non-hydrogen) atoms. The van der Waals surface area contributed by atoms with Crippen molar-refractivity contribution in [3.8, 4) is 0 Å². The molecule has 0 aliphatic carbocycles. The Morgan fingerprint density at radius 3 is 2.60 bits per heavy atom. The first-order valence-corrected chi connectivity index (χ1v) is 12.1. The topological polar surface area (TPSA) is 79.3 Å². The molecule has 1 saturated heterocycles. The van der Waals surface area contributed by atoms with Crippen LogP contribution in [0.15, 0.2) is 53.4 Å². The SMILES string of the molecule is CCn1c(CN2CCC(C3Nc4ccccc4S(=O)(=O)N3)CC2)nc2ccccc21. The molecule has 158 valence electrons. The number of sulfonamides is 1. The zero-order valence-electron chi connectivity index (χ0n) is 17.1. The summed E-state index contributed by atoms with van der Waals surface area (Å²) in [5, 5.41) is 3.40. The molecular formula is C22H27N5O2S. The summed E-state index contributed by atoms with van der Waals surface area (Å²) in [7, 11) is -3.47. The molecule has 0 radical (unpaired) electrons. The normalized spacial score (nSPS) is 22.0. The summed E-state index contributed by atoms with van der Waals surface area (Å²) in [5.41, 5.74) is 2.92. The average Bonchev–Trinajstić information content (AvgIpc) is 3.10. The van der Waals surface area contributed by atoms with E-state index >= 15 is 0 Å². The van der Waals surface area contributed by atoms with Gasteiger partial charge in [-0.25, -0.2) is 13.4 Å². The molecule has 2 aliphatic rings. The third-order valence-corrected chi connectivity index (χ3v) is 7.79. The van der Waals surface area contributed by atoms with Gasteiger partial charge in [0.25, 0.3) is 0 Å². The first-order chi connectivity index (χ1) is 14.5. The number of hydrogen-bond donors (Lipinski definition) is 2. The molecule has 1 atom stereocenters. The number of anilines is 1. The molecule has 3 aromatic rings. The van der Waals surface area contributed by atoms with Gasteiger partial charge in [-0.2, -0.15) is 4.72 Å². The van der Waals surface area contributed by atoms with Gasteiger partial charge in [0.15, 0.2) is 0 Å². The minimum atomic E-state index is -3.47. The summed E-state index contributed by atoms with van der Waals surface area (Å²) in [6, 6.07) is 15.4. The zero-order chi connectivity index (χ0) is 20.7. The van der Waals surface area contributed by atoms with Gasteiger partial charge in [0.05, 0.1) is 29.4 Å². The van der Waals surface area contributed by atoms with Gasteiger partial charge < -0.3 is 9.88 Å². The largest absolute Gasteiger partial charge is 0.368 e. The maximum absolute atomic E-state index is 12.6. The Kier molecular flexibility index (Phi) is 5.00. The number of likely N-dealkylation sites (tertiary alicyclic amines) is 1. The Bertz CT molecular complexity index is 1170. The fourth-order valence-electron chi connectivity index (χ4n) is 4.71. The summed E-state index contributed by atoms with van der Waals surface area (Å²) in [6.07, 6.45) is 1.62. The molecule has 5 rings (SSSR count). The smallest absolute Gasteiger partial charge is 0.244 e.